The molecule has 0 atom stereocenters. The number of hydrogen-bond donors (Lipinski definition) is 1. The highest BCUT2D eigenvalue weighted by molar-refractivity contribution is 7.92. The third kappa shape index (κ3) is 4.87. The summed E-state index contributed by atoms with van der Waals surface area (Å²) in [4.78, 5) is 12.3. The van der Waals surface area contributed by atoms with E-state index in [0.29, 0.717) is 17.1 Å². The minimum atomic E-state index is -3.70. The van der Waals surface area contributed by atoms with E-state index >= 15 is 0 Å². The molecule has 0 aliphatic carbocycles. The van der Waals surface area contributed by atoms with Gasteiger partial charge in [-0.1, -0.05) is 36.4 Å². The molecule has 0 radical (unpaired) electrons. The van der Waals surface area contributed by atoms with Crippen molar-refractivity contribution in [2.45, 2.75) is 4.90 Å². The van der Waals surface area contributed by atoms with Crippen molar-refractivity contribution >= 4 is 33.4 Å². The van der Waals surface area contributed by atoms with Gasteiger partial charge in [-0.15, -0.1) is 0 Å². The van der Waals surface area contributed by atoms with Gasteiger partial charge >= 0.3 is 0 Å². The minimum Gasteiger partial charge on any atom is -0.496 e. The lowest BCUT2D eigenvalue weighted by molar-refractivity contribution is -0.111. The van der Waals surface area contributed by atoms with Crippen LogP contribution < -0.4 is 14.4 Å². The Kier molecular flexibility index (Phi) is 6.54. The van der Waals surface area contributed by atoms with Crippen molar-refractivity contribution in [1.82, 2.24) is 0 Å². The zero-order valence-corrected chi connectivity index (χ0v) is 17.5. The Morgan fingerprint density at radius 2 is 1.57 bits per heavy atom. The lowest BCUT2D eigenvalue weighted by Crippen LogP contribution is -2.26. The van der Waals surface area contributed by atoms with E-state index in [4.69, 9.17) is 4.74 Å². The third-order valence-electron chi connectivity index (χ3n) is 4.45. The van der Waals surface area contributed by atoms with Crippen molar-refractivity contribution in [1.29, 1.82) is 0 Å². The second kappa shape index (κ2) is 9.28. The first-order valence-electron chi connectivity index (χ1n) is 9.18. The fraction of sp³-hybridized carbons (Fsp3) is 0.0870. The van der Waals surface area contributed by atoms with Gasteiger partial charge in [0.2, 0.25) is 5.91 Å². The zero-order chi connectivity index (χ0) is 21.6. The van der Waals surface area contributed by atoms with Gasteiger partial charge in [0, 0.05) is 24.4 Å². The molecule has 0 bridgehead atoms. The molecule has 0 aliphatic rings. The number of carbonyl (C=O) groups is 1. The highest BCUT2D eigenvalue weighted by Gasteiger charge is 2.21. The maximum Gasteiger partial charge on any atom is 0.264 e. The lowest BCUT2D eigenvalue weighted by Gasteiger charge is -2.19. The van der Waals surface area contributed by atoms with E-state index in [1.54, 1.807) is 49.6 Å². The summed E-state index contributed by atoms with van der Waals surface area (Å²) in [6.45, 7) is 0. The van der Waals surface area contributed by atoms with Crippen LogP contribution in [0.2, 0.25) is 0 Å². The Bertz CT molecular complexity index is 1140. The number of sulfonamides is 1. The summed E-state index contributed by atoms with van der Waals surface area (Å²) in [5.74, 6) is 0.330. The highest BCUT2D eigenvalue weighted by Crippen LogP contribution is 2.23. The Balaban J connectivity index is 1.69. The number of methoxy groups -OCH3 is 1. The fourth-order valence-electron chi connectivity index (χ4n) is 2.80. The van der Waals surface area contributed by atoms with E-state index in [0.717, 1.165) is 5.56 Å². The van der Waals surface area contributed by atoms with Crippen LogP contribution in [0.1, 0.15) is 5.56 Å². The molecule has 0 spiro atoms. The van der Waals surface area contributed by atoms with Gasteiger partial charge in [-0.3, -0.25) is 9.10 Å². The molecule has 154 valence electrons. The number of ether oxygens (including phenoxy) is 1. The van der Waals surface area contributed by atoms with Crippen LogP contribution in [0, 0.1) is 0 Å². The molecule has 30 heavy (non-hydrogen) atoms. The molecule has 0 aromatic heterocycles. The molecule has 0 saturated heterocycles. The standard InChI is InChI=1S/C23H22N2O4S/c1-25(20-9-4-3-5-10-20)30(27,28)21-15-13-19(14-16-21)24-23(26)17-12-18-8-6-7-11-22(18)29-2/h3-17H,1-2H3,(H,24,26). The van der Waals surface area contributed by atoms with Crippen LogP contribution in [0.25, 0.3) is 6.08 Å². The fourth-order valence-corrected chi connectivity index (χ4v) is 3.99. The second-order valence-corrected chi connectivity index (χ2v) is 8.37. The molecule has 0 aliphatic heterocycles. The van der Waals surface area contributed by atoms with Crippen molar-refractivity contribution in [3.8, 4) is 5.75 Å². The van der Waals surface area contributed by atoms with Crippen molar-refractivity contribution in [2.24, 2.45) is 0 Å². The van der Waals surface area contributed by atoms with Crippen molar-refractivity contribution in [3.05, 3.63) is 90.5 Å². The van der Waals surface area contributed by atoms with Crippen LogP contribution >= 0.6 is 0 Å². The topological polar surface area (TPSA) is 75.7 Å². The monoisotopic (exact) mass is 422 g/mol. The van der Waals surface area contributed by atoms with Crippen LogP contribution in [0.5, 0.6) is 5.75 Å². The molecule has 6 nitrogen and oxygen atoms in total. The Labute approximate surface area is 176 Å². The predicted octanol–water partition coefficient (Wildman–Crippen LogP) is 4.17. The van der Waals surface area contributed by atoms with Gasteiger partial charge in [0.05, 0.1) is 17.7 Å². The summed E-state index contributed by atoms with van der Waals surface area (Å²) >= 11 is 0. The first-order valence-corrected chi connectivity index (χ1v) is 10.6. The number of nitrogens with one attached hydrogen (secondary N) is 1. The molecule has 0 saturated carbocycles. The van der Waals surface area contributed by atoms with Gasteiger partial charge < -0.3 is 10.1 Å². The Hall–Kier alpha value is -3.58. The van der Waals surface area contributed by atoms with Gasteiger partial charge in [-0.25, -0.2) is 8.42 Å². The first kappa shape index (κ1) is 21.1. The second-order valence-electron chi connectivity index (χ2n) is 6.40. The Morgan fingerprint density at radius 3 is 2.23 bits per heavy atom. The van der Waals surface area contributed by atoms with E-state index in [1.165, 1.54) is 29.6 Å². The number of carbonyl (C=O) groups excluding carboxylic acids is 1. The van der Waals surface area contributed by atoms with E-state index in [1.807, 2.05) is 30.3 Å². The molecular weight excluding hydrogens is 400 g/mol. The highest BCUT2D eigenvalue weighted by atomic mass is 32.2. The van der Waals surface area contributed by atoms with Gasteiger partial charge in [0.15, 0.2) is 0 Å². The number of hydrogen-bond acceptors (Lipinski definition) is 4. The number of nitrogens with zero attached hydrogens (tertiary/aromatic N) is 1. The summed E-state index contributed by atoms with van der Waals surface area (Å²) in [7, 11) is -0.628. The third-order valence-corrected chi connectivity index (χ3v) is 6.25. The SMILES string of the molecule is COc1ccccc1C=CC(=O)Nc1ccc(S(=O)(=O)N(C)c2ccccc2)cc1. The molecular formula is C23H22N2O4S. The number of rotatable bonds is 7. The largest absolute Gasteiger partial charge is 0.496 e. The van der Waals surface area contributed by atoms with Gasteiger partial charge in [-0.2, -0.15) is 0 Å². The van der Waals surface area contributed by atoms with Crippen molar-refractivity contribution in [3.63, 3.8) is 0 Å². The van der Waals surface area contributed by atoms with E-state index < -0.39 is 10.0 Å². The van der Waals surface area contributed by atoms with Crippen molar-refractivity contribution in [2.75, 3.05) is 23.8 Å². The van der Waals surface area contributed by atoms with Crippen LogP contribution in [0.15, 0.2) is 89.8 Å². The average Bonchev–Trinajstić information content (AvgIpc) is 2.78. The van der Waals surface area contributed by atoms with E-state index in [9.17, 15) is 13.2 Å². The maximum atomic E-state index is 12.8. The average molecular weight is 423 g/mol. The summed E-state index contributed by atoms with van der Waals surface area (Å²) < 4.78 is 32.1. The normalized spacial score (nSPS) is 11.3. The van der Waals surface area contributed by atoms with E-state index in [-0.39, 0.29) is 10.8 Å². The number of amides is 1. The number of anilines is 2. The van der Waals surface area contributed by atoms with Gasteiger partial charge in [-0.05, 0) is 48.5 Å². The number of benzene rings is 3. The van der Waals surface area contributed by atoms with Gasteiger partial charge in [0.1, 0.15) is 5.75 Å². The summed E-state index contributed by atoms with van der Waals surface area (Å²) in [6, 6.07) is 22.2. The maximum absolute atomic E-state index is 12.8. The van der Waals surface area contributed by atoms with Crippen LogP contribution in [-0.4, -0.2) is 28.5 Å². The van der Waals surface area contributed by atoms with Crippen LogP contribution in [0.4, 0.5) is 11.4 Å². The molecule has 1 N–H and O–H groups in total. The molecule has 3 aromatic rings. The first-order chi connectivity index (χ1) is 14.4. The molecule has 0 heterocycles. The molecule has 0 unspecified atom stereocenters. The lowest BCUT2D eigenvalue weighted by atomic mass is 10.2. The Morgan fingerprint density at radius 1 is 0.933 bits per heavy atom. The van der Waals surface area contributed by atoms with Gasteiger partial charge in [0.25, 0.3) is 10.0 Å². The van der Waals surface area contributed by atoms with Crippen LogP contribution in [0.3, 0.4) is 0 Å². The molecule has 0 fully saturated rings. The quantitative estimate of drug-likeness (QED) is 0.580. The summed E-state index contributed by atoms with van der Waals surface area (Å²) in [5.41, 5.74) is 1.84. The van der Waals surface area contributed by atoms with E-state index in [2.05, 4.69) is 5.32 Å². The smallest absolute Gasteiger partial charge is 0.264 e. The molecule has 3 rings (SSSR count). The summed E-state index contributed by atoms with van der Waals surface area (Å²) in [6.07, 6.45) is 3.05. The molecule has 3 aromatic carbocycles. The zero-order valence-electron chi connectivity index (χ0n) is 16.6. The van der Waals surface area contributed by atoms with Crippen LogP contribution in [-0.2, 0) is 14.8 Å². The molecule has 1 amide bonds. The number of para-hydroxylation sites is 2. The predicted molar refractivity (Wildman–Crippen MR) is 119 cm³/mol. The summed E-state index contributed by atoms with van der Waals surface area (Å²) in [5, 5.41) is 2.71. The minimum absolute atomic E-state index is 0.136. The molecule has 7 heteroatoms. The van der Waals surface area contributed by atoms with Crippen molar-refractivity contribution < 1.29 is 17.9 Å².